The van der Waals surface area contributed by atoms with Gasteiger partial charge in [0, 0.05) is 11.5 Å². The molecule has 76 valence electrons. The van der Waals surface area contributed by atoms with Crippen LogP contribution in [0.1, 0.15) is 24.0 Å². The van der Waals surface area contributed by atoms with E-state index in [1.165, 1.54) is 0 Å². The van der Waals surface area contributed by atoms with Crippen LogP contribution in [0.4, 0.5) is 5.69 Å². The third-order valence-electron chi connectivity index (χ3n) is 2.25. The molecule has 0 saturated carbocycles. The van der Waals surface area contributed by atoms with E-state index >= 15 is 0 Å². The van der Waals surface area contributed by atoms with Crippen molar-refractivity contribution in [3.05, 3.63) is 52.1 Å². The molecule has 0 aliphatic heterocycles. The molecule has 0 fully saturated rings. The van der Waals surface area contributed by atoms with E-state index in [1.807, 2.05) is 6.92 Å². The lowest BCUT2D eigenvalue weighted by molar-refractivity contribution is -0.385. The van der Waals surface area contributed by atoms with Crippen molar-refractivity contribution in [1.82, 2.24) is 0 Å². The summed E-state index contributed by atoms with van der Waals surface area (Å²) >= 11 is 0. The van der Waals surface area contributed by atoms with Crippen LogP contribution in [-0.4, -0.2) is 4.92 Å². The van der Waals surface area contributed by atoms with E-state index in [4.69, 9.17) is 6.42 Å². The average molecular weight is 201 g/mol. The highest BCUT2D eigenvalue weighted by atomic mass is 16.6. The topological polar surface area (TPSA) is 43.1 Å². The van der Waals surface area contributed by atoms with Gasteiger partial charge in [-0.3, -0.25) is 10.1 Å². The number of terminal acetylenes is 1. The van der Waals surface area contributed by atoms with Gasteiger partial charge < -0.3 is 0 Å². The second kappa shape index (κ2) is 4.43. The number of nitro groups is 1. The minimum Gasteiger partial charge on any atom is -0.258 e. The molecule has 0 aromatic heterocycles. The van der Waals surface area contributed by atoms with Crippen LogP contribution < -0.4 is 0 Å². The number of nitrogens with zero attached hydrogens (tertiary/aromatic N) is 1. The number of para-hydroxylation sites is 1. The fraction of sp³-hybridized carbons (Fsp3) is 0.167. The summed E-state index contributed by atoms with van der Waals surface area (Å²) in [6, 6.07) is 4.99. The largest absolute Gasteiger partial charge is 0.288 e. The number of hydrogen-bond acceptors (Lipinski definition) is 2. The number of benzene rings is 1. The van der Waals surface area contributed by atoms with Crippen LogP contribution in [-0.2, 0) is 0 Å². The zero-order valence-electron chi connectivity index (χ0n) is 8.43. The molecule has 1 atom stereocenters. The first-order valence-electron chi connectivity index (χ1n) is 4.48. The van der Waals surface area contributed by atoms with Gasteiger partial charge in [0.15, 0.2) is 0 Å². The third-order valence-corrected chi connectivity index (χ3v) is 2.25. The molecular formula is C12H11NO2. The van der Waals surface area contributed by atoms with Crippen LogP contribution in [0.2, 0.25) is 0 Å². The second-order valence-corrected chi connectivity index (χ2v) is 3.17. The Morgan fingerprint density at radius 3 is 2.80 bits per heavy atom. The fourth-order valence-corrected chi connectivity index (χ4v) is 1.38. The van der Waals surface area contributed by atoms with Crippen molar-refractivity contribution in [3.63, 3.8) is 0 Å². The van der Waals surface area contributed by atoms with Crippen molar-refractivity contribution in [1.29, 1.82) is 0 Å². The molecule has 0 aliphatic carbocycles. The smallest absolute Gasteiger partial charge is 0.258 e. The van der Waals surface area contributed by atoms with E-state index < -0.39 is 4.92 Å². The summed E-state index contributed by atoms with van der Waals surface area (Å²) < 4.78 is 0. The maximum absolute atomic E-state index is 10.9. The molecule has 0 N–H and O–H groups in total. The number of rotatable bonds is 3. The summed E-state index contributed by atoms with van der Waals surface area (Å²) in [5.41, 5.74) is 0.920. The van der Waals surface area contributed by atoms with E-state index in [0.717, 1.165) is 0 Å². The van der Waals surface area contributed by atoms with E-state index in [-0.39, 0.29) is 11.6 Å². The molecule has 0 heterocycles. The Bertz CT molecular complexity index is 443. The van der Waals surface area contributed by atoms with Crippen molar-refractivity contribution < 1.29 is 4.92 Å². The van der Waals surface area contributed by atoms with E-state index in [0.29, 0.717) is 11.1 Å². The van der Waals surface area contributed by atoms with E-state index in [1.54, 1.807) is 24.3 Å². The molecule has 1 rings (SSSR count). The van der Waals surface area contributed by atoms with E-state index in [2.05, 4.69) is 12.5 Å². The van der Waals surface area contributed by atoms with Crippen molar-refractivity contribution >= 4 is 5.69 Å². The van der Waals surface area contributed by atoms with Crippen LogP contribution in [0.5, 0.6) is 0 Å². The van der Waals surface area contributed by atoms with Gasteiger partial charge in [-0.2, -0.15) is 0 Å². The monoisotopic (exact) mass is 201 g/mol. The standard InChI is InChI=1S/C12H11NO2/c1-4-9(3)11-8-6-7-10(5-2)12(11)13(14)15/h2,4,6-9H,1H2,3H3. The van der Waals surface area contributed by atoms with Crippen molar-refractivity contribution in [2.75, 3.05) is 0 Å². The van der Waals surface area contributed by atoms with Crippen LogP contribution >= 0.6 is 0 Å². The summed E-state index contributed by atoms with van der Waals surface area (Å²) in [6.45, 7) is 5.46. The zero-order valence-corrected chi connectivity index (χ0v) is 8.43. The fourth-order valence-electron chi connectivity index (χ4n) is 1.38. The van der Waals surface area contributed by atoms with Crippen molar-refractivity contribution in [2.45, 2.75) is 12.8 Å². The Hall–Kier alpha value is -2.08. The Morgan fingerprint density at radius 1 is 1.67 bits per heavy atom. The van der Waals surface area contributed by atoms with Gasteiger partial charge in [0.05, 0.1) is 4.92 Å². The molecule has 0 bridgehead atoms. The highest BCUT2D eigenvalue weighted by Crippen LogP contribution is 2.29. The molecule has 1 aromatic rings. The first kappa shape index (κ1) is 11.0. The second-order valence-electron chi connectivity index (χ2n) is 3.17. The molecule has 1 aromatic carbocycles. The first-order valence-corrected chi connectivity index (χ1v) is 4.48. The number of allylic oxidation sites excluding steroid dienone is 1. The summed E-state index contributed by atoms with van der Waals surface area (Å²) in [4.78, 5) is 10.5. The van der Waals surface area contributed by atoms with Gasteiger partial charge >= 0.3 is 0 Å². The SMILES string of the molecule is C#Cc1cccc(C(C)C=C)c1[N+](=O)[O-]. The molecule has 0 saturated heterocycles. The third kappa shape index (κ3) is 2.05. The normalized spacial score (nSPS) is 11.5. The van der Waals surface area contributed by atoms with Gasteiger partial charge in [0.1, 0.15) is 5.56 Å². The number of hydrogen-bond donors (Lipinski definition) is 0. The molecule has 15 heavy (non-hydrogen) atoms. The number of nitro benzene ring substituents is 1. The Kier molecular flexibility index (Phi) is 3.25. The van der Waals surface area contributed by atoms with Gasteiger partial charge in [-0.25, -0.2) is 0 Å². The predicted molar refractivity (Wildman–Crippen MR) is 59.6 cm³/mol. The Morgan fingerprint density at radius 2 is 2.33 bits per heavy atom. The molecule has 0 amide bonds. The van der Waals surface area contributed by atoms with Crippen LogP contribution in [0, 0.1) is 22.5 Å². The molecule has 0 aliphatic rings. The predicted octanol–water partition coefficient (Wildman–Crippen LogP) is 2.87. The molecule has 0 radical (unpaired) electrons. The summed E-state index contributed by atoms with van der Waals surface area (Å²) in [5, 5.41) is 10.9. The summed E-state index contributed by atoms with van der Waals surface area (Å²) in [6.07, 6.45) is 6.87. The van der Waals surface area contributed by atoms with Crippen LogP contribution in [0.3, 0.4) is 0 Å². The van der Waals surface area contributed by atoms with Gasteiger partial charge in [-0.1, -0.05) is 31.1 Å². The van der Waals surface area contributed by atoms with Crippen LogP contribution in [0.25, 0.3) is 0 Å². The average Bonchev–Trinajstić information content (AvgIpc) is 2.26. The summed E-state index contributed by atoms with van der Waals surface area (Å²) in [5.74, 6) is 2.24. The molecular weight excluding hydrogens is 190 g/mol. The minimum atomic E-state index is -0.440. The van der Waals surface area contributed by atoms with Gasteiger partial charge in [-0.15, -0.1) is 13.0 Å². The summed E-state index contributed by atoms with van der Waals surface area (Å²) in [7, 11) is 0. The molecule has 3 nitrogen and oxygen atoms in total. The van der Waals surface area contributed by atoms with E-state index in [9.17, 15) is 10.1 Å². The van der Waals surface area contributed by atoms with Crippen LogP contribution in [0.15, 0.2) is 30.9 Å². The van der Waals surface area contributed by atoms with Crippen molar-refractivity contribution in [2.24, 2.45) is 0 Å². The van der Waals surface area contributed by atoms with Gasteiger partial charge in [0.2, 0.25) is 0 Å². The molecule has 0 spiro atoms. The Balaban J connectivity index is 3.46. The maximum atomic E-state index is 10.9. The Labute approximate surface area is 88.6 Å². The highest BCUT2D eigenvalue weighted by Gasteiger charge is 2.20. The zero-order chi connectivity index (χ0) is 11.4. The lowest BCUT2D eigenvalue weighted by atomic mass is 9.97. The van der Waals surface area contributed by atoms with Gasteiger partial charge in [-0.05, 0) is 6.07 Å². The molecule has 3 heteroatoms. The van der Waals surface area contributed by atoms with Crippen molar-refractivity contribution in [3.8, 4) is 12.3 Å². The first-order chi connectivity index (χ1) is 7.11. The van der Waals surface area contributed by atoms with Gasteiger partial charge in [0.25, 0.3) is 5.69 Å². The quantitative estimate of drug-likeness (QED) is 0.326. The molecule has 1 unspecified atom stereocenters. The maximum Gasteiger partial charge on any atom is 0.288 e. The minimum absolute atomic E-state index is 0.00685. The lowest BCUT2D eigenvalue weighted by Crippen LogP contribution is -2.00. The lowest BCUT2D eigenvalue weighted by Gasteiger charge is -2.07. The highest BCUT2D eigenvalue weighted by molar-refractivity contribution is 5.56.